The van der Waals surface area contributed by atoms with E-state index in [2.05, 4.69) is 13.5 Å². The van der Waals surface area contributed by atoms with Gasteiger partial charge in [0.05, 0.1) is 41.4 Å². The van der Waals surface area contributed by atoms with Crippen molar-refractivity contribution in [3.8, 4) is 0 Å². The van der Waals surface area contributed by atoms with Gasteiger partial charge in [-0.05, 0) is 68.0 Å². The van der Waals surface area contributed by atoms with Crippen molar-refractivity contribution < 1.29 is 24.5 Å². The summed E-state index contributed by atoms with van der Waals surface area (Å²) in [5, 5.41) is 25.4. The Balaban J connectivity index is 0.00000400. The largest absolute Gasteiger partial charge is 2.00 e. The average molecular weight is 609 g/mol. The number of methoxy groups -OCH3 is 1. The molecule has 2 aliphatic heterocycles. The van der Waals surface area contributed by atoms with Crippen molar-refractivity contribution in [2.45, 2.75) is 41.0 Å². The molecule has 222 valence electrons. The van der Waals surface area contributed by atoms with Gasteiger partial charge in [0, 0.05) is 11.1 Å². The van der Waals surface area contributed by atoms with Gasteiger partial charge in [-0.3, -0.25) is 0 Å². The quantitative estimate of drug-likeness (QED) is 0.240. The number of carbonyl (C=O) groups is 2. The number of rotatable bonds is 5. The Kier molecular flexibility index (Phi) is 8.24. The fourth-order valence-electron chi connectivity index (χ4n) is 6.15. The number of carboxylic acid groups (broad SMARTS) is 1. The molecular formula is C35H28MgN4O5-2. The third-order valence-corrected chi connectivity index (χ3v) is 8.53. The van der Waals surface area contributed by atoms with Gasteiger partial charge >= 0.3 is 29.0 Å². The molecule has 6 rings (SSSR count). The van der Waals surface area contributed by atoms with Crippen LogP contribution in [0.1, 0.15) is 77.8 Å². The zero-order valence-electron chi connectivity index (χ0n) is 25.9. The summed E-state index contributed by atoms with van der Waals surface area (Å²) in [7, 11) is 1.20. The van der Waals surface area contributed by atoms with Gasteiger partial charge in [-0.2, -0.15) is 0 Å². The second kappa shape index (κ2) is 11.7. The molecule has 1 aliphatic carbocycles. The fourth-order valence-corrected chi connectivity index (χ4v) is 6.15. The number of hydrogen-bond donors (Lipinski definition) is 0. The predicted molar refractivity (Wildman–Crippen MR) is 173 cm³/mol. The predicted octanol–water partition coefficient (Wildman–Crippen LogP) is 3.74. The minimum atomic E-state index is -1.40. The van der Waals surface area contributed by atoms with Gasteiger partial charge in [-0.1, -0.05) is 60.7 Å². The van der Waals surface area contributed by atoms with E-state index in [1.807, 2.05) is 26.0 Å². The minimum Gasteiger partial charge on any atom is -0.871 e. The first-order chi connectivity index (χ1) is 21.0. The van der Waals surface area contributed by atoms with Crippen LogP contribution in [0.3, 0.4) is 0 Å². The molecule has 8 bridgehead atoms. The summed E-state index contributed by atoms with van der Waals surface area (Å²) in [6.45, 7) is 13.6. The number of aryl methyl sites for hydroxylation is 2. The molecule has 45 heavy (non-hydrogen) atoms. The molecule has 0 aromatic carbocycles. The number of nitrogens with zero attached hydrogens (tertiary/aromatic N) is 4. The molecule has 0 radical (unpaired) electrons. The van der Waals surface area contributed by atoms with E-state index in [4.69, 9.17) is 24.7 Å². The van der Waals surface area contributed by atoms with E-state index in [-0.39, 0.29) is 51.0 Å². The Morgan fingerprint density at radius 1 is 0.933 bits per heavy atom. The summed E-state index contributed by atoms with van der Waals surface area (Å²) < 4.78 is 5.03. The van der Waals surface area contributed by atoms with Gasteiger partial charge in [-0.15, -0.1) is 22.1 Å². The third-order valence-electron chi connectivity index (χ3n) is 8.53. The Morgan fingerprint density at radius 3 is 2.22 bits per heavy atom. The first-order valence-electron chi connectivity index (χ1n) is 14.1. The maximum atomic E-state index is 13.9. The zero-order valence-corrected chi connectivity index (χ0v) is 27.3. The van der Waals surface area contributed by atoms with Crippen LogP contribution in [-0.2, 0) is 14.3 Å². The van der Waals surface area contributed by atoms with Gasteiger partial charge in [0.25, 0.3) is 0 Å². The standard InChI is InChI=1S/C35H32N4O5.Mg/c1-8-19-15(3)22-12-24-17(5)21(10-11-28(40)41)32(38-24)30-31(35(43)44-7)34(42)29-18(6)25(39-33(29)30)14-27-20(9-2)16(4)23(37-27)13-26(19)36-22;/h8,10-14H,1,9H2,2-7H3,(H4,36,37,38,39,40,41,42,43);/q;+2/p-4/b11-10+,22-12?,23-13?,24-12?,25-14?,26-13?,27-14?,32-30?;. The van der Waals surface area contributed by atoms with Crippen LogP contribution in [0.15, 0.2) is 36.9 Å². The average Bonchev–Trinajstić information content (AvgIpc) is 3.72. The van der Waals surface area contributed by atoms with Crippen LogP contribution in [0.25, 0.3) is 61.8 Å². The molecule has 0 fully saturated rings. The molecule has 0 amide bonds. The molecule has 0 saturated heterocycles. The van der Waals surface area contributed by atoms with Crippen LogP contribution in [0.4, 0.5) is 0 Å². The van der Waals surface area contributed by atoms with E-state index in [0.29, 0.717) is 39.0 Å². The molecule has 3 aromatic rings. The number of carbonyl (C=O) groups excluding carboxylic acids is 2. The SMILES string of the molecule is C=Cc1c(C)c2cc3nc(c4c5[n-]c(cc6nc(cc1[n-]2)C(C)=C6CC)c(C)c5C([O-])=C4C(=O)OC)C(/C=C/C(=O)[O-])=C3C.[Mg+2]. The van der Waals surface area contributed by atoms with Crippen LogP contribution in [0.5, 0.6) is 0 Å². The molecule has 10 heteroatoms. The fraction of sp³-hybridized carbons (Fsp3) is 0.200. The number of aliphatic carboxylic acids is 1. The maximum Gasteiger partial charge on any atom is 2.00 e. The monoisotopic (exact) mass is 608 g/mol. The number of fused-ring (bicyclic) bond motifs is 8. The molecule has 0 saturated carbocycles. The number of aromatic nitrogens is 4. The van der Waals surface area contributed by atoms with E-state index in [1.54, 1.807) is 26.0 Å². The third kappa shape index (κ3) is 4.85. The second-order valence-electron chi connectivity index (χ2n) is 10.9. The van der Waals surface area contributed by atoms with Crippen LogP contribution < -0.4 is 20.2 Å². The van der Waals surface area contributed by atoms with Crippen LogP contribution >= 0.6 is 0 Å². The normalized spacial score (nSPS) is 14.0. The Labute approximate surface area is 275 Å². The smallest absolute Gasteiger partial charge is 0.871 e. The summed E-state index contributed by atoms with van der Waals surface area (Å²) in [6, 6.07) is 5.60. The van der Waals surface area contributed by atoms with Crippen LogP contribution in [-0.4, -0.2) is 52.1 Å². The van der Waals surface area contributed by atoms with Gasteiger partial charge in [0.2, 0.25) is 0 Å². The Morgan fingerprint density at radius 2 is 1.58 bits per heavy atom. The van der Waals surface area contributed by atoms with Crippen molar-refractivity contribution in [1.29, 1.82) is 0 Å². The van der Waals surface area contributed by atoms with E-state index in [9.17, 15) is 19.8 Å². The Bertz CT molecular complexity index is 2160. The van der Waals surface area contributed by atoms with Crippen LogP contribution in [0, 0.1) is 13.8 Å². The molecule has 5 heterocycles. The number of carboxylic acids is 1. The number of hydrogen-bond acceptors (Lipinski definition) is 7. The minimum absolute atomic E-state index is 0. The first-order valence-corrected chi connectivity index (χ1v) is 14.1. The molecule has 0 N–H and O–H groups in total. The Hall–Kier alpha value is -4.67. The van der Waals surface area contributed by atoms with Gasteiger partial charge in [-0.25, -0.2) is 14.8 Å². The van der Waals surface area contributed by atoms with E-state index < -0.39 is 17.7 Å². The first kappa shape index (κ1) is 31.7. The number of allylic oxidation sites excluding steroid dienone is 5. The number of ether oxygens (including phenoxy) is 1. The van der Waals surface area contributed by atoms with Crippen molar-refractivity contribution in [1.82, 2.24) is 19.9 Å². The van der Waals surface area contributed by atoms with E-state index in [1.165, 1.54) is 13.2 Å². The van der Waals surface area contributed by atoms with Gasteiger partial charge in [0.15, 0.2) is 0 Å². The maximum absolute atomic E-state index is 13.9. The molecular weight excluding hydrogens is 581 g/mol. The van der Waals surface area contributed by atoms with Crippen molar-refractivity contribution in [2.24, 2.45) is 0 Å². The van der Waals surface area contributed by atoms with Crippen molar-refractivity contribution >= 4 is 96.8 Å². The molecule has 3 aliphatic rings. The summed E-state index contributed by atoms with van der Waals surface area (Å²) in [6.07, 6.45) is 4.73. The molecule has 9 nitrogen and oxygen atoms in total. The second-order valence-corrected chi connectivity index (χ2v) is 10.9. The topological polar surface area (TPSA) is 143 Å². The molecule has 0 atom stereocenters. The van der Waals surface area contributed by atoms with E-state index >= 15 is 0 Å². The van der Waals surface area contributed by atoms with E-state index in [0.717, 1.165) is 46.2 Å². The molecule has 0 spiro atoms. The van der Waals surface area contributed by atoms with Gasteiger partial charge < -0.3 is 29.7 Å². The summed E-state index contributed by atoms with van der Waals surface area (Å²) >= 11 is 0. The summed E-state index contributed by atoms with van der Waals surface area (Å²) in [5.41, 5.74) is 10.0. The zero-order chi connectivity index (χ0) is 31.6. The van der Waals surface area contributed by atoms with Gasteiger partial charge in [0.1, 0.15) is 0 Å². The number of esters is 1. The molecule has 0 unspecified atom stereocenters. The summed E-state index contributed by atoms with van der Waals surface area (Å²) in [5.74, 6) is -2.77. The van der Waals surface area contributed by atoms with Crippen molar-refractivity contribution in [2.75, 3.05) is 7.11 Å². The van der Waals surface area contributed by atoms with Crippen molar-refractivity contribution in [3.63, 3.8) is 0 Å². The van der Waals surface area contributed by atoms with Crippen molar-refractivity contribution in [3.05, 3.63) is 87.5 Å². The van der Waals surface area contributed by atoms with Crippen LogP contribution in [0.2, 0.25) is 0 Å². The summed E-state index contributed by atoms with van der Waals surface area (Å²) in [4.78, 5) is 44.2. The molecule has 3 aromatic heterocycles.